The van der Waals surface area contributed by atoms with Gasteiger partial charge in [-0.1, -0.05) is 48.0 Å². The van der Waals surface area contributed by atoms with Gasteiger partial charge in [0.15, 0.2) is 5.76 Å². The first kappa shape index (κ1) is 17.5. The third-order valence-corrected chi connectivity index (χ3v) is 5.50. The van der Waals surface area contributed by atoms with E-state index in [9.17, 15) is 4.79 Å². The van der Waals surface area contributed by atoms with Gasteiger partial charge in [0.1, 0.15) is 0 Å². The van der Waals surface area contributed by atoms with Crippen molar-refractivity contribution >= 4 is 28.6 Å². The summed E-state index contributed by atoms with van der Waals surface area (Å²) < 4.78 is 5.12. The molecule has 0 saturated heterocycles. The highest BCUT2D eigenvalue weighted by molar-refractivity contribution is 7.99. The quantitative estimate of drug-likeness (QED) is 0.356. The molecule has 2 heterocycles. The van der Waals surface area contributed by atoms with Crippen LogP contribution in [0.1, 0.15) is 16.1 Å². The van der Waals surface area contributed by atoms with E-state index >= 15 is 0 Å². The Balaban J connectivity index is 1.52. The number of aromatic nitrogens is 1. The highest BCUT2D eigenvalue weighted by Crippen LogP contribution is 2.37. The number of H-pyrrole nitrogens is 1. The van der Waals surface area contributed by atoms with Crippen LogP contribution in [-0.4, -0.2) is 23.2 Å². The zero-order valence-electron chi connectivity index (χ0n) is 15.0. The predicted molar refractivity (Wildman–Crippen MR) is 110 cm³/mol. The molecule has 4 rings (SSSR count). The van der Waals surface area contributed by atoms with E-state index in [4.69, 9.17) is 4.42 Å². The van der Waals surface area contributed by atoms with Gasteiger partial charge in [-0.25, -0.2) is 0 Å². The first-order valence-electron chi connectivity index (χ1n) is 8.84. The van der Waals surface area contributed by atoms with Gasteiger partial charge in [-0.15, -0.1) is 11.8 Å². The van der Waals surface area contributed by atoms with Crippen molar-refractivity contribution < 1.29 is 9.21 Å². The molecule has 2 N–H and O–H groups in total. The number of aryl methyl sites for hydroxylation is 1. The third kappa shape index (κ3) is 3.78. The minimum absolute atomic E-state index is 0.182. The van der Waals surface area contributed by atoms with Gasteiger partial charge in [0.05, 0.1) is 12.0 Å². The van der Waals surface area contributed by atoms with E-state index in [0.29, 0.717) is 12.3 Å². The van der Waals surface area contributed by atoms with Gasteiger partial charge in [0, 0.05) is 28.1 Å². The summed E-state index contributed by atoms with van der Waals surface area (Å²) in [7, 11) is 0. The zero-order valence-corrected chi connectivity index (χ0v) is 15.8. The maximum atomic E-state index is 12.0. The van der Waals surface area contributed by atoms with Crippen LogP contribution in [0.25, 0.3) is 22.2 Å². The molecular weight excluding hydrogens is 356 g/mol. The fourth-order valence-corrected chi connectivity index (χ4v) is 4.06. The number of benzene rings is 2. The maximum Gasteiger partial charge on any atom is 0.287 e. The Hall–Kier alpha value is -2.92. The van der Waals surface area contributed by atoms with Crippen molar-refractivity contribution in [1.29, 1.82) is 0 Å². The van der Waals surface area contributed by atoms with Crippen LogP contribution in [0.5, 0.6) is 0 Å². The van der Waals surface area contributed by atoms with Gasteiger partial charge in [0.25, 0.3) is 5.91 Å². The second-order valence-electron chi connectivity index (χ2n) is 6.32. The summed E-state index contributed by atoms with van der Waals surface area (Å²) in [5.74, 6) is 0.929. The topological polar surface area (TPSA) is 58.0 Å². The van der Waals surface area contributed by atoms with E-state index in [-0.39, 0.29) is 5.91 Å². The number of nitrogens with one attached hydrogen (secondary N) is 2. The molecule has 0 fully saturated rings. The Morgan fingerprint density at radius 2 is 1.89 bits per heavy atom. The third-order valence-electron chi connectivity index (χ3n) is 4.38. The maximum absolute atomic E-state index is 12.0. The van der Waals surface area contributed by atoms with E-state index in [1.807, 2.05) is 6.07 Å². The fourth-order valence-electron chi connectivity index (χ4n) is 3.00. The molecule has 2 aromatic carbocycles. The lowest BCUT2D eigenvalue weighted by molar-refractivity contribution is 0.0928. The normalized spacial score (nSPS) is 11.0. The molecule has 0 aliphatic rings. The molecule has 0 radical (unpaired) electrons. The highest BCUT2D eigenvalue weighted by atomic mass is 32.2. The van der Waals surface area contributed by atoms with Crippen molar-refractivity contribution in [2.75, 3.05) is 12.3 Å². The standard InChI is InChI=1S/C22H20N2O2S/c1-15-8-10-16(11-9-15)20-21(17-5-2-3-6-18(17)24-20)27-14-12-23-22(25)19-7-4-13-26-19/h2-11,13,24H,12,14H2,1H3,(H,23,25). The molecule has 2 aromatic heterocycles. The lowest BCUT2D eigenvalue weighted by Gasteiger charge is -2.07. The molecule has 136 valence electrons. The molecule has 1 amide bonds. The lowest BCUT2D eigenvalue weighted by atomic mass is 10.1. The monoisotopic (exact) mass is 376 g/mol. The Kier molecular flexibility index (Phi) is 5.03. The molecule has 5 heteroatoms. The molecule has 0 atom stereocenters. The average Bonchev–Trinajstić information content (AvgIpc) is 3.34. The molecule has 0 aliphatic carbocycles. The highest BCUT2D eigenvalue weighted by Gasteiger charge is 2.14. The van der Waals surface area contributed by atoms with Crippen LogP contribution >= 0.6 is 11.8 Å². The molecule has 0 bridgehead atoms. The Morgan fingerprint density at radius 1 is 1.07 bits per heavy atom. The molecule has 0 unspecified atom stereocenters. The summed E-state index contributed by atoms with van der Waals surface area (Å²) in [6.07, 6.45) is 1.50. The number of rotatable bonds is 6. The lowest BCUT2D eigenvalue weighted by Crippen LogP contribution is -2.25. The number of carbonyl (C=O) groups is 1. The molecule has 27 heavy (non-hydrogen) atoms. The fraction of sp³-hybridized carbons (Fsp3) is 0.136. The Bertz CT molecular complexity index is 1050. The zero-order chi connectivity index (χ0) is 18.6. The minimum atomic E-state index is -0.182. The molecule has 0 aliphatic heterocycles. The smallest absolute Gasteiger partial charge is 0.287 e. The van der Waals surface area contributed by atoms with E-state index in [1.54, 1.807) is 23.9 Å². The van der Waals surface area contributed by atoms with Gasteiger partial charge in [-0.3, -0.25) is 4.79 Å². The average molecular weight is 376 g/mol. The van der Waals surface area contributed by atoms with Crippen molar-refractivity contribution in [2.45, 2.75) is 11.8 Å². The number of amides is 1. The van der Waals surface area contributed by atoms with Crippen LogP contribution in [0.15, 0.2) is 76.2 Å². The van der Waals surface area contributed by atoms with Crippen molar-refractivity contribution in [3.63, 3.8) is 0 Å². The number of hydrogen-bond acceptors (Lipinski definition) is 3. The number of aromatic amines is 1. The summed E-state index contributed by atoms with van der Waals surface area (Å²) >= 11 is 1.74. The summed E-state index contributed by atoms with van der Waals surface area (Å²) in [6.45, 7) is 2.66. The van der Waals surface area contributed by atoms with Crippen LogP contribution in [0.4, 0.5) is 0 Å². The summed E-state index contributed by atoms with van der Waals surface area (Å²) in [5.41, 5.74) is 4.65. The minimum Gasteiger partial charge on any atom is -0.459 e. The van der Waals surface area contributed by atoms with Gasteiger partial charge in [-0.05, 0) is 30.7 Å². The largest absolute Gasteiger partial charge is 0.459 e. The van der Waals surface area contributed by atoms with Gasteiger partial charge >= 0.3 is 0 Å². The van der Waals surface area contributed by atoms with Crippen LogP contribution in [0.3, 0.4) is 0 Å². The number of carbonyl (C=O) groups excluding carboxylic acids is 1. The SMILES string of the molecule is Cc1ccc(-c2[nH]c3ccccc3c2SCCNC(=O)c2ccco2)cc1. The second-order valence-corrected chi connectivity index (χ2v) is 7.43. The molecule has 4 aromatic rings. The van der Waals surface area contributed by atoms with E-state index in [0.717, 1.165) is 17.0 Å². The number of thioether (sulfide) groups is 1. The molecule has 4 nitrogen and oxygen atoms in total. The summed E-state index contributed by atoms with van der Waals surface area (Å²) in [6, 6.07) is 20.2. The first-order chi connectivity index (χ1) is 13.2. The van der Waals surface area contributed by atoms with E-state index in [2.05, 4.69) is 59.7 Å². The summed E-state index contributed by atoms with van der Waals surface area (Å²) in [4.78, 5) is 16.7. The van der Waals surface area contributed by atoms with Crippen LogP contribution in [0.2, 0.25) is 0 Å². The second kappa shape index (κ2) is 7.76. The van der Waals surface area contributed by atoms with Crippen molar-refractivity contribution in [3.8, 4) is 11.3 Å². The van der Waals surface area contributed by atoms with Crippen LogP contribution in [0, 0.1) is 6.92 Å². The Morgan fingerprint density at radius 3 is 2.67 bits per heavy atom. The van der Waals surface area contributed by atoms with Crippen molar-refractivity contribution in [1.82, 2.24) is 10.3 Å². The van der Waals surface area contributed by atoms with Crippen molar-refractivity contribution in [2.24, 2.45) is 0 Å². The molecular formula is C22H20N2O2S. The predicted octanol–water partition coefficient (Wildman–Crippen LogP) is 5.26. The van der Waals surface area contributed by atoms with Crippen molar-refractivity contribution in [3.05, 3.63) is 78.3 Å². The number of para-hydroxylation sites is 1. The Labute approximate surface area is 162 Å². The van der Waals surface area contributed by atoms with Gasteiger partial charge < -0.3 is 14.7 Å². The van der Waals surface area contributed by atoms with Gasteiger partial charge in [0.2, 0.25) is 0 Å². The number of furan rings is 1. The van der Waals surface area contributed by atoms with Crippen LogP contribution in [-0.2, 0) is 0 Å². The number of fused-ring (bicyclic) bond motifs is 1. The van der Waals surface area contributed by atoms with Crippen LogP contribution < -0.4 is 5.32 Å². The first-order valence-corrected chi connectivity index (χ1v) is 9.83. The van der Waals surface area contributed by atoms with Gasteiger partial charge in [-0.2, -0.15) is 0 Å². The molecule has 0 saturated carbocycles. The number of hydrogen-bond donors (Lipinski definition) is 2. The van der Waals surface area contributed by atoms with E-state index in [1.165, 1.54) is 27.7 Å². The molecule has 0 spiro atoms. The van der Waals surface area contributed by atoms with E-state index < -0.39 is 0 Å². The summed E-state index contributed by atoms with van der Waals surface area (Å²) in [5, 5.41) is 4.10.